The van der Waals surface area contributed by atoms with Gasteiger partial charge in [-0.2, -0.15) is 0 Å². The highest BCUT2D eigenvalue weighted by atomic mass is 16.3. The lowest BCUT2D eigenvalue weighted by Crippen LogP contribution is -2.06. The number of para-hydroxylation sites is 2. The summed E-state index contributed by atoms with van der Waals surface area (Å²) in [7, 11) is 0. The first kappa shape index (κ1) is 36.6. The molecule has 0 radical (unpaired) electrons. The Labute approximate surface area is 358 Å². The van der Waals surface area contributed by atoms with E-state index < -0.39 is 0 Å². The third-order valence-electron chi connectivity index (χ3n) is 11.4. The molecule has 292 valence electrons. The lowest BCUT2D eigenvalue weighted by atomic mass is 9.93. The largest absolute Gasteiger partial charge is 0.435 e. The second-order valence-electron chi connectivity index (χ2n) is 15.2. The summed E-state index contributed by atoms with van der Waals surface area (Å²) in [5, 5.41) is 13.9. The molecule has 62 heavy (non-hydrogen) atoms. The molecule has 0 aliphatic heterocycles. The molecule has 0 aliphatic rings. The topological polar surface area (TPSA) is 79.5 Å². The Morgan fingerprint density at radius 1 is 0.548 bits per heavy atom. The Morgan fingerprint density at radius 2 is 1.23 bits per heavy atom. The fraction of sp³-hybridized carbons (Fsp3) is 0. The van der Waals surface area contributed by atoms with Gasteiger partial charge < -0.3 is 8.98 Å². The van der Waals surface area contributed by atoms with Crippen molar-refractivity contribution >= 4 is 61.6 Å². The normalized spacial score (nSPS) is 12.0. The molecule has 9 aromatic carbocycles. The second-order valence-corrected chi connectivity index (χ2v) is 15.2. The zero-order valence-electron chi connectivity index (χ0n) is 33.5. The van der Waals surface area contributed by atoms with Gasteiger partial charge in [0, 0.05) is 44.8 Å². The maximum atomic E-state index is 9.73. The average Bonchev–Trinajstić information content (AvgIpc) is 3.93. The van der Waals surface area contributed by atoms with Crippen molar-refractivity contribution in [2.24, 2.45) is 9.98 Å². The van der Waals surface area contributed by atoms with Crippen LogP contribution in [0, 0.1) is 5.41 Å². The van der Waals surface area contributed by atoms with E-state index in [0.29, 0.717) is 22.9 Å². The number of nitrogens with one attached hydrogen (secondary N) is 1. The molecule has 0 fully saturated rings. The van der Waals surface area contributed by atoms with Gasteiger partial charge in [-0.05, 0) is 93.9 Å². The van der Waals surface area contributed by atoms with E-state index in [4.69, 9.17) is 19.4 Å². The molecule has 0 atom stereocenters. The Balaban J connectivity index is 1.06. The van der Waals surface area contributed by atoms with E-state index in [9.17, 15) is 5.41 Å². The molecular weight excluding hydrogens is 759 g/mol. The van der Waals surface area contributed by atoms with Crippen molar-refractivity contribution in [2.75, 3.05) is 0 Å². The summed E-state index contributed by atoms with van der Waals surface area (Å²) in [6.07, 6.45) is 1.84. The van der Waals surface area contributed by atoms with Crippen LogP contribution >= 0.6 is 0 Å². The van der Waals surface area contributed by atoms with Crippen molar-refractivity contribution in [3.63, 3.8) is 0 Å². The van der Waals surface area contributed by atoms with Gasteiger partial charge in [0.1, 0.15) is 5.52 Å². The van der Waals surface area contributed by atoms with Gasteiger partial charge in [-0.15, -0.1) is 0 Å². The number of nitrogens with zero attached hydrogens (tertiary/aromatic N) is 4. The Hall–Kier alpha value is -8.48. The SMILES string of the molecule is N=C(N=C(N=Cc1cccc(-c2ccccc2)c1)c1ccc2c(c1)c1ccccc1n2-c1ccccc1)c1ccccc1-c1cccc2ccc3nc(-c4ccccc4)oc3c12. The van der Waals surface area contributed by atoms with E-state index in [0.717, 1.165) is 82.7 Å². The molecule has 2 heterocycles. The van der Waals surface area contributed by atoms with E-state index in [1.807, 2.05) is 109 Å². The van der Waals surface area contributed by atoms with E-state index in [2.05, 4.69) is 114 Å². The van der Waals surface area contributed by atoms with Crippen molar-refractivity contribution in [2.45, 2.75) is 0 Å². The summed E-state index contributed by atoms with van der Waals surface area (Å²) in [4.78, 5) is 15.1. The second kappa shape index (κ2) is 15.6. The number of oxazole rings is 1. The van der Waals surface area contributed by atoms with Gasteiger partial charge in [-0.3, -0.25) is 5.41 Å². The van der Waals surface area contributed by atoms with Crippen LogP contribution in [0.4, 0.5) is 0 Å². The van der Waals surface area contributed by atoms with Crippen LogP contribution in [0.25, 0.3) is 83.1 Å². The van der Waals surface area contributed by atoms with Crippen molar-refractivity contribution in [3.05, 3.63) is 229 Å². The van der Waals surface area contributed by atoms with Gasteiger partial charge in [0.2, 0.25) is 5.89 Å². The summed E-state index contributed by atoms with van der Waals surface area (Å²) in [6.45, 7) is 0. The molecule has 0 unspecified atom stereocenters. The van der Waals surface area contributed by atoms with Crippen molar-refractivity contribution in [1.82, 2.24) is 9.55 Å². The highest BCUT2D eigenvalue weighted by molar-refractivity contribution is 6.19. The van der Waals surface area contributed by atoms with Gasteiger partial charge in [0.25, 0.3) is 0 Å². The smallest absolute Gasteiger partial charge is 0.227 e. The highest BCUT2D eigenvalue weighted by Gasteiger charge is 2.19. The number of aromatic nitrogens is 2. The number of hydrogen-bond acceptors (Lipinski definition) is 3. The standard InChI is InChI=1S/C56H37N5O/c57-54(47-27-11-10-25-44(47)46-28-15-21-39-30-32-49-53(52(39)46)62-56(59-49)40-19-6-2-7-20-40)60-55(58-36-37-16-14-22-41(34-37)38-17-4-1-5-18-38)42-31-33-51-48(35-42)45-26-12-13-29-50(45)61(51)43-23-8-3-9-24-43/h1-36,57H. The number of rotatable bonds is 7. The molecule has 6 heteroatoms. The molecule has 0 aliphatic carbocycles. The maximum absolute atomic E-state index is 9.73. The highest BCUT2D eigenvalue weighted by Crippen LogP contribution is 2.38. The molecule has 0 saturated carbocycles. The minimum Gasteiger partial charge on any atom is -0.435 e. The number of aliphatic imine (C=N–C) groups is 2. The first-order valence-electron chi connectivity index (χ1n) is 20.6. The number of hydrogen-bond donors (Lipinski definition) is 1. The van der Waals surface area contributed by atoms with E-state index in [1.54, 1.807) is 0 Å². The van der Waals surface area contributed by atoms with Crippen LogP contribution in [0.3, 0.4) is 0 Å². The van der Waals surface area contributed by atoms with Crippen LogP contribution in [0.5, 0.6) is 0 Å². The summed E-state index contributed by atoms with van der Waals surface area (Å²) >= 11 is 0. The zero-order chi connectivity index (χ0) is 41.4. The molecular formula is C56H37N5O. The fourth-order valence-corrected chi connectivity index (χ4v) is 8.47. The van der Waals surface area contributed by atoms with Crippen LogP contribution in [0.1, 0.15) is 16.7 Å². The lowest BCUT2D eigenvalue weighted by Gasteiger charge is -2.12. The summed E-state index contributed by atoms with van der Waals surface area (Å²) in [5.41, 5.74) is 12.1. The molecule has 11 rings (SSSR count). The molecule has 0 spiro atoms. The maximum Gasteiger partial charge on any atom is 0.227 e. The third kappa shape index (κ3) is 6.66. The average molecular weight is 796 g/mol. The van der Waals surface area contributed by atoms with Gasteiger partial charge >= 0.3 is 0 Å². The monoisotopic (exact) mass is 795 g/mol. The van der Waals surface area contributed by atoms with Crippen molar-refractivity contribution in [1.29, 1.82) is 5.41 Å². The van der Waals surface area contributed by atoms with Crippen LogP contribution in [0.2, 0.25) is 0 Å². The van der Waals surface area contributed by atoms with Crippen LogP contribution < -0.4 is 0 Å². The Kier molecular flexibility index (Phi) is 9.21. The molecule has 2 aromatic heterocycles. The quantitative estimate of drug-likeness (QED) is 0.129. The third-order valence-corrected chi connectivity index (χ3v) is 11.4. The molecule has 0 saturated heterocycles. The number of fused-ring (bicyclic) bond motifs is 6. The van der Waals surface area contributed by atoms with Crippen molar-refractivity contribution < 1.29 is 4.42 Å². The van der Waals surface area contributed by atoms with Gasteiger partial charge in [-0.25, -0.2) is 15.0 Å². The minimum absolute atomic E-state index is 0.0873. The Morgan fingerprint density at radius 3 is 2.06 bits per heavy atom. The van der Waals surface area contributed by atoms with Gasteiger partial charge in [0.05, 0.1) is 11.0 Å². The van der Waals surface area contributed by atoms with Gasteiger partial charge in [-0.1, -0.05) is 152 Å². The van der Waals surface area contributed by atoms with E-state index >= 15 is 0 Å². The van der Waals surface area contributed by atoms with Crippen molar-refractivity contribution in [3.8, 4) is 39.4 Å². The first-order valence-corrected chi connectivity index (χ1v) is 20.6. The van der Waals surface area contributed by atoms with E-state index in [1.165, 1.54) is 0 Å². The van der Waals surface area contributed by atoms with Crippen LogP contribution in [-0.2, 0) is 0 Å². The first-order chi connectivity index (χ1) is 30.7. The molecule has 0 amide bonds. The molecule has 0 bridgehead atoms. The zero-order valence-corrected chi connectivity index (χ0v) is 33.5. The molecule has 11 aromatic rings. The molecule has 6 nitrogen and oxygen atoms in total. The summed E-state index contributed by atoms with van der Waals surface area (Å²) in [5.74, 6) is 1.08. The number of benzene rings is 9. The predicted molar refractivity (Wildman–Crippen MR) is 256 cm³/mol. The Bertz CT molecular complexity index is 3530. The van der Waals surface area contributed by atoms with Gasteiger partial charge in [0.15, 0.2) is 17.3 Å². The fourth-order valence-electron chi connectivity index (χ4n) is 8.47. The van der Waals surface area contributed by atoms with E-state index in [-0.39, 0.29) is 5.84 Å². The summed E-state index contributed by atoms with van der Waals surface area (Å²) < 4.78 is 8.84. The van der Waals surface area contributed by atoms with Crippen LogP contribution in [0.15, 0.2) is 227 Å². The predicted octanol–water partition coefficient (Wildman–Crippen LogP) is 14.0. The van der Waals surface area contributed by atoms with Crippen LogP contribution in [-0.4, -0.2) is 27.4 Å². The summed E-state index contributed by atoms with van der Waals surface area (Å²) in [6, 6.07) is 72.1. The number of amidine groups is 2. The minimum atomic E-state index is 0.0873. The molecule has 1 N–H and O–H groups in total. The lowest BCUT2D eigenvalue weighted by molar-refractivity contribution is 0.623.